The highest BCUT2D eigenvalue weighted by Gasteiger charge is 2.29. The Morgan fingerprint density at radius 2 is 2.00 bits per heavy atom. The van der Waals surface area contributed by atoms with Crippen molar-refractivity contribution in [3.05, 3.63) is 35.4 Å². The molecule has 1 aromatic carbocycles. The van der Waals surface area contributed by atoms with Crippen molar-refractivity contribution in [2.24, 2.45) is 5.84 Å². The van der Waals surface area contributed by atoms with Gasteiger partial charge in [-0.3, -0.25) is 10.2 Å². The van der Waals surface area contributed by atoms with Gasteiger partial charge in [-0.15, -0.1) is 0 Å². The molecule has 5 N–H and O–H groups in total. The number of hydrogen-bond donors (Lipinski definition) is 4. The average Bonchev–Trinajstić information content (AvgIpc) is 2.87. The molecule has 2 atom stereocenters. The molecule has 18 heavy (non-hydrogen) atoms. The highest BCUT2D eigenvalue weighted by Crippen LogP contribution is 2.24. The van der Waals surface area contributed by atoms with Crippen LogP contribution in [0.3, 0.4) is 0 Å². The zero-order valence-corrected chi connectivity index (χ0v) is 10.7. The number of carbonyl (C=O) groups excluding carboxylic acids is 1. The normalized spacial score (nSPS) is 23.3. The Labute approximate surface area is 107 Å². The number of carbonyl (C=O) groups is 1. The van der Waals surface area contributed by atoms with Crippen LogP contribution in [0.25, 0.3) is 0 Å². The minimum absolute atomic E-state index is 0.147. The van der Waals surface area contributed by atoms with E-state index in [-0.39, 0.29) is 18.0 Å². The second kappa shape index (κ2) is 5.48. The molecule has 1 aromatic rings. The Balaban J connectivity index is 2.03. The van der Waals surface area contributed by atoms with E-state index in [1.807, 2.05) is 0 Å². The van der Waals surface area contributed by atoms with Gasteiger partial charge >= 0.3 is 0 Å². The monoisotopic (exact) mass is 248 g/mol. The van der Waals surface area contributed by atoms with Gasteiger partial charge in [-0.25, -0.2) is 16.7 Å². The molecule has 1 amide bonds. The van der Waals surface area contributed by atoms with Crippen molar-refractivity contribution in [2.45, 2.75) is 38.3 Å². The summed E-state index contributed by atoms with van der Waals surface area (Å²) >= 11 is 0. The molecule has 0 aromatic heterocycles. The van der Waals surface area contributed by atoms with Crippen molar-refractivity contribution in [3.8, 4) is 0 Å². The van der Waals surface area contributed by atoms with E-state index in [4.69, 9.17) is 5.84 Å². The second-order valence-corrected chi connectivity index (χ2v) is 4.96. The summed E-state index contributed by atoms with van der Waals surface area (Å²) in [5.41, 5.74) is 10.7. The van der Waals surface area contributed by atoms with Gasteiger partial charge in [0, 0.05) is 6.04 Å². The Kier molecular flexibility index (Phi) is 3.96. The van der Waals surface area contributed by atoms with Crippen LogP contribution in [-0.4, -0.2) is 11.9 Å². The lowest BCUT2D eigenvalue weighted by molar-refractivity contribution is -0.122. The number of nitrogens with two attached hydrogens (primary N) is 1. The quantitative estimate of drug-likeness (QED) is 0.361. The van der Waals surface area contributed by atoms with Gasteiger partial charge in [0.2, 0.25) is 0 Å². The van der Waals surface area contributed by atoms with E-state index >= 15 is 0 Å². The van der Waals surface area contributed by atoms with E-state index in [0.29, 0.717) is 12.3 Å². The molecule has 1 fully saturated rings. The summed E-state index contributed by atoms with van der Waals surface area (Å²) < 4.78 is 0. The van der Waals surface area contributed by atoms with Crippen LogP contribution in [0.1, 0.15) is 43.4 Å². The van der Waals surface area contributed by atoms with E-state index in [2.05, 4.69) is 54.4 Å². The lowest BCUT2D eigenvalue weighted by Crippen LogP contribution is -2.45. The minimum atomic E-state index is -0.273. The van der Waals surface area contributed by atoms with Gasteiger partial charge in [-0.2, -0.15) is 0 Å². The summed E-state index contributed by atoms with van der Waals surface area (Å²) in [7, 11) is 0. The third-order valence-corrected chi connectivity index (χ3v) is 3.37. The Hall–Kier alpha value is -1.43. The van der Waals surface area contributed by atoms with Gasteiger partial charge in [-0.05, 0) is 23.5 Å². The van der Waals surface area contributed by atoms with Crippen molar-refractivity contribution in [1.29, 1.82) is 0 Å². The highest BCUT2D eigenvalue weighted by atomic mass is 16.2. The molecular weight excluding hydrogens is 228 g/mol. The molecule has 1 aliphatic heterocycles. The number of rotatable bonds is 3. The number of amides is 1. The number of hydrazine groups is 2. The smallest absolute Gasteiger partial charge is 0.252 e. The van der Waals surface area contributed by atoms with Gasteiger partial charge in [0.25, 0.3) is 5.91 Å². The first kappa shape index (κ1) is 13.0. The number of benzene rings is 1. The molecule has 5 heteroatoms. The Morgan fingerprint density at radius 1 is 1.33 bits per heavy atom. The van der Waals surface area contributed by atoms with E-state index < -0.39 is 0 Å². The average molecular weight is 248 g/mol. The molecule has 0 radical (unpaired) electrons. The van der Waals surface area contributed by atoms with Crippen molar-refractivity contribution in [3.63, 3.8) is 0 Å². The van der Waals surface area contributed by atoms with Gasteiger partial charge in [0.1, 0.15) is 6.04 Å². The molecule has 0 spiro atoms. The van der Waals surface area contributed by atoms with Crippen LogP contribution in [0.5, 0.6) is 0 Å². The van der Waals surface area contributed by atoms with Gasteiger partial charge in [0.05, 0.1) is 0 Å². The molecule has 2 unspecified atom stereocenters. The van der Waals surface area contributed by atoms with Gasteiger partial charge < -0.3 is 0 Å². The maximum atomic E-state index is 11.4. The molecule has 0 aliphatic carbocycles. The largest absolute Gasteiger partial charge is 0.293 e. The molecule has 2 rings (SSSR count). The Morgan fingerprint density at radius 3 is 2.56 bits per heavy atom. The fourth-order valence-electron chi connectivity index (χ4n) is 2.16. The maximum absolute atomic E-state index is 11.4. The van der Waals surface area contributed by atoms with Crippen LogP contribution >= 0.6 is 0 Å². The summed E-state index contributed by atoms with van der Waals surface area (Å²) in [6.45, 7) is 4.35. The van der Waals surface area contributed by atoms with Crippen LogP contribution in [0.4, 0.5) is 0 Å². The lowest BCUT2D eigenvalue weighted by Gasteiger charge is -2.11. The minimum Gasteiger partial charge on any atom is -0.293 e. The summed E-state index contributed by atoms with van der Waals surface area (Å²) in [5, 5.41) is 0. The van der Waals surface area contributed by atoms with Crippen LogP contribution in [0, 0.1) is 0 Å². The first-order valence-corrected chi connectivity index (χ1v) is 6.23. The van der Waals surface area contributed by atoms with Crippen LogP contribution in [-0.2, 0) is 4.79 Å². The van der Waals surface area contributed by atoms with Crippen molar-refractivity contribution >= 4 is 5.91 Å². The molecule has 5 nitrogen and oxygen atoms in total. The molecular formula is C13H20N4O. The predicted octanol–water partition coefficient (Wildman–Crippen LogP) is 0.708. The maximum Gasteiger partial charge on any atom is 0.252 e. The summed E-state index contributed by atoms with van der Waals surface area (Å²) in [6, 6.07) is 8.36. The van der Waals surface area contributed by atoms with Crippen molar-refractivity contribution in [2.75, 3.05) is 0 Å². The van der Waals surface area contributed by atoms with Gasteiger partial charge in [0.15, 0.2) is 0 Å². The SMILES string of the molecule is CC(C)c1ccc(C2CC(C(=O)NN)NN2)cc1. The zero-order chi connectivity index (χ0) is 13.1. The molecule has 98 valence electrons. The van der Waals surface area contributed by atoms with Crippen LogP contribution < -0.4 is 22.1 Å². The fourth-order valence-corrected chi connectivity index (χ4v) is 2.16. The predicted molar refractivity (Wildman–Crippen MR) is 70.3 cm³/mol. The first-order valence-electron chi connectivity index (χ1n) is 6.23. The Bertz CT molecular complexity index is 416. The molecule has 0 bridgehead atoms. The summed E-state index contributed by atoms with van der Waals surface area (Å²) in [5.74, 6) is 5.46. The van der Waals surface area contributed by atoms with Crippen LogP contribution in [0.15, 0.2) is 24.3 Å². The lowest BCUT2D eigenvalue weighted by atomic mass is 9.97. The van der Waals surface area contributed by atoms with E-state index in [1.54, 1.807) is 0 Å². The molecule has 1 saturated heterocycles. The van der Waals surface area contributed by atoms with Crippen LogP contribution in [0.2, 0.25) is 0 Å². The van der Waals surface area contributed by atoms with Crippen molar-refractivity contribution < 1.29 is 4.79 Å². The van der Waals surface area contributed by atoms with E-state index in [9.17, 15) is 4.79 Å². The van der Waals surface area contributed by atoms with Crippen molar-refractivity contribution in [1.82, 2.24) is 16.3 Å². The van der Waals surface area contributed by atoms with E-state index in [1.165, 1.54) is 11.1 Å². The third-order valence-electron chi connectivity index (χ3n) is 3.37. The molecule has 0 saturated carbocycles. The highest BCUT2D eigenvalue weighted by molar-refractivity contribution is 5.81. The standard InChI is InChI=1S/C13H20N4O/c1-8(2)9-3-5-10(6-4-9)11-7-12(17-16-11)13(18)15-14/h3-6,8,11-12,16-17H,7,14H2,1-2H3,(H,15,18). The first-order chi connectivity index (χ1) is 8.61. The summed E-state index contributed by atoms with van der Waals surface area (Å²) in [4.78, 5) is 11.4. The zero-order valence-electron chi connectivity index (χ0n) is 10.7. The third kappa shape index (κ3) is 2.69. The fraction of sp³-hybridized carbons (Fsp3) is 0.462. The molecule has 1 aliphatic rings. The molecule has 1 heterocycles. The number of nitrogens with one attached hydrogen (secondary N) is 3. The van der Waals surface area contributed by atoms with Gasteiger partial charge in [-0.1, -0.05) is 38.1 Å². The second-order valence-electron chi connectivity index (χ2n) is 4.96. The summed E-state index contributed by atoms with van der Waals surface area (Å²) in [6.07, 6.45) is 0.698. The topological polar surface area (TPSA) is 79.2 Å². The number of hydrogen-bond acceptors (Lipinski definition) is 4. The van der Waals surface area contributed by atoms with E-state index in [0.717, 1.165) is 0 Å².